The third-order valence-electron chi connectivity index (χ3n) is 4.90. The van der Waals surface area contributed by atoms with Gasteiger partial charge in [-0.3, -0.25) is 19.8 Å². The van der Waals surface area contributed by atoms with Gasteiger partial charge in [-0.05, 0) is 54.2 Å². The van der Waals surface area contributed by atoms with Crippen LogP contribution in [0.4, 0.5) is 11.4 Å². The molecule has 1 saturated heterocycles. The second-order valence-corrected chi connectivity index (χ2v) is 8.07. The largest absolute Gasteiger partial charge is 0.496 e. The fraction of sp³-hybridized carbons (Fsp3) is 0.0870. The van der Waals surface area contributed by atoms with E-state index in [1.54, 1.807) is 37.4 Å². The molecule has 4 rings (SSSR count). The fourth-order valence-electron chi connectivity index (χ4n) is 3.15. The number of aliphatic imine (C=N–C) groups is 1. The van der Waals surface area contributed by atoms with Crippen LogP contribution in [0.25, 0.3) is 17.4 Å². The van der Waals surface area contributed by atoms with Crippen LogP contribution in [-0.2, 0) is 4.79 Å². The van der Waals surface area contributed by atoms with Crippen molar-refractivity contribution in [2.24, 2.45) is 4.99 Å². The monoisotopic (exact) mass is 479 g/mol. The number of rotatable bonds is 6. The van der Waals surface area contributed by atoms with Crippen molar-refractivity contribution in [2.45, 2.75) is 0 Å². The molecule has 3 aromatic rings. The normalized spacial score (nSPS) is 15.8. The molecular weight excluding hydrogens is 462 g/mol. The topological polar surface area (TPSA) is 135 Å². The molecule has 0 saturated carbocycles. The molecule has 0 atom stereocenters. The number of aromatic carboxylic acids is 1. The standard InChI is InChI=1S/C23H17N3O7S/c1-25-21(27)20(34-23(25)24-14-5-3-13(4-6-14)22(28)29)12-16-8-10-19(33-16)17-11-15(26(30)31)7-9-18(17)32-2/h3-12H,1-2H3,(H,28,29)/b20-12+,24-23?. The quantitative estimate of drug-likeness (QED) is 0.303. The summed E-state index contributed by atoms with van der Waals surface area (Å²) in [6.07, 6.45) is 1.56. The molecule has 0 aliphatic carbocycles. The van der Waals surface area contributed by atoms with E-state index in [-0.39, 0.29) is 17.2 Å². The molecule has 2 heterocycles. The number of amides is 1. The van der Waals surface area contributed by atoms with Crippen molar-refractivity contribution in [1.82, 2.24) is 4.90 Å². The highest BCUT2D eigenvalue weighted by atomic mass is 32.2. The number of likely N-dealkylation sites (N-methyl/N-ethyl adjacent to an activating group) is 1. The zero-order valence-electron chi connectivity index (χ0n) is 17.9. The van der Waals surface area contributed by atoms with Crippen molar-refractivity contribution in [3.05, 3.63) is 80.9 Å². The average molecular weight is 479 g/mol. The van der Waals surface area contributed by atoms with Gasteiger partial charge in [-0.1, -0.05) is 0 Å². The highest BCUT2D eigenvalue weighted by Gasteiger charge is 2.31. The first kappa shape index (κ1) is 22.8. The number of carboxylic acid groups (broad SMARTS) is 1. The van der Waals surface area contributed by atoms with Crippen LogP contribution in [-0.4, -0.2) is 46.1 Å². The molecule has 1 aliphatic heterocycles. The number of nitro groups is 1. The lowest BCUT2D eigenvalue weighted by atomic mass is 10.1. The minimum atomic E-state index is -1.03. The average Bonchev–Trinajstić information content (AvgIpc) is 3.39. The molecule has 172 valence electrons. The number of amidine groups is 1. The molecule has 0 radical (unpaired) electrons. The molecule has 0 bridgehead atoms. The number of non-ortho nitro benzene ring substituents is 1. The number of nitrogens with zero attached hydrogens (tertiary/aromatic N) is 3. The Morgan fingerprint density at radius 2 is 1.94 bits per heavy atom. The van der Waals surface area contributed by atoms with Gasteiger partial charge in [-0.15, -0.1) is 0 Å². The van der Waals surface area contributed by atoms with E-state index in [0.29, 0.717) is 38.6 Å². The summed E-state index contributed by atoms with van der Waals surface area (Å²) in [5, 5.41) is 20.6. The van der Waals surface area contributed by atoms with E-state index < -0.39 is 10.9 Å². The molecule has 10 nitrogen and oxygen atoms in total. The molecule has 1 fully saturated rings. The third kappa shape index (κ3) is 4.55. The fourth-order valence-corrected chi connectivity index (χ4v) is 4.11. The van der Waals surface area contributed by atoms with E-state index in [4.69, 9.17) is 14.3 Å². The summed E-state index contributed by atoms with van der Waals surface area (Å²) in [6, 6.07) is 13.5. The van der Waals surface area contributed by atoms with Crippen molar-refractivity contribution in [1.29, 1.82) is 0 Å². The molecule has 11 heteroatoms. The molecule has 1 aliphatic rings. The predicted octanol–water partition coefficient (Wildman–Crippen LogP) is 4.80. The van der Waals surface area contributed by atoms with Crippen LogP contribution < -0.4 is 4.74 Å². The number of carbonyl (C=O) groups excluding carboxylic acids is 1. The maximum absolute atomic E-state index is 12.7. The molecule has 2 aromatic carbocycles. The highest BCUT2D eigenvalue weighted by Crippen LogP contribution is 2.37. The van der Waals surface area contributed by atoms with Gasteiger partial charge in [0.25, 0.3) is 11.6 Å². The Balaban J connectivity index is 1.60. The van der Waals surface area contributed by atoms with Gasteiger partial charge in [-0.25, -0.2) is 9.79 Å². The van der Waals surface area contributed by atoms with Crippen molar-refractivity contribution in [3.8, 4) is 17.1 Å². The minimum absolute atomic E-state index is 0.104. The maximum atomic E-state index is 12.7. The van der Waals surface area contributed by atoms with Crippen molar-refractivity contribution in [3.63, 3.8) is 0 Å². The summed E-state index contributed by atoms with van der Waals surface area (Å²) in [7, 11) is 3.04. The number of carboxylic acids is 1. The Bertz CT molecular complexity index is 1360. The second kappa shape index (κ2) is 9.24. The van der Waals surface area contributed by atoms with E-state index in [2.05, 4.69) is 4.99 Å². The molecule has 0 unspecified atom stereocenters. The number of nitro benzene ring substituents is 1. The SMILES string of the molecule is COc1ccc([N+](=O)[O-])cc1-c1ccc(/C=C2/SC(=Nc3ccc(C(=O)O)cc3)N(C)C2=O)o1. The molecule has 34 heavy (non-hydrogen) atoms. The van der Waals surface area contributed by atoms with Crippen molar-refractivity contribution in [2.75, 3.05) is 14.2 Å². The molecule has 0 spiro atoms. The van der Waals surface area contributed by atoms with E-state index in [0.717, 1.165) is 11.8 Å². The van der Waals surface area contributed by atoms with Gasteiger partial charge in [0.1, 0.15) is 17.3 Å². The van der Waals surface area contributed by atoms with Crippen LogP contribution in [0.2, 0.25) is 0 Å². The van der Waals surface area contributed by atoms with Crippen LogP contribution in [0, 0.1) is 10.1 Å². The Kier molecular flexibility index (Phi) is 6.19. The number of thioether (sulfide) groups is 1. The Labute approximate surface area is 197 Å². The summed E-state index contributed by atoms with van der Waals surface area (Å²) < 4.78 is 11.1. The first-order valence-corrected chi connectivity index (χ1v) is 10.6. The van der Waals surface area contributed by atoms with E-state index in [1.165, 1.54) is 42.3 Å². The third-order valence-corrected chi connectivity index (χ3v) is 5.96. The van der Waals surface area contributed by atoms with E-state index in [1.807, 2.05) is 0 Å². The first-order valence-electron chi connectivity index (χ1n) is 9.79. The van der Waals surface area contributed by atoms with Crippen molar-refractivity contribution < 1.29 is 28.8 Å². The van der Waals surface area contributed by atoms with Gasteiger partial charge >= 0.3 is 5.97 Å². The lowest BCUT2D eigenvalue weighted by molar-refractivity contribution is -0.384. The van der Waals surface area contributed by atoms with Gasteiger partial charge in [0.2, 0.25) is 0 Å². The van der Waals surface area contributed by atoms with Gasteiger partial charge in [0, 0.05) is 25.3 Å². The zero-order chi connectivity index (χ0) is 24.4. The number of hydrogen-bond donors (Lipinski definition) is 1. The first-order chi connectivity index (χ1) is 16.3. The number of carbonyl (C=O) groups is 2. The predicted molar refractivity (Wildman–Crippen MR) is 126 cm³/mol. The molecule has 1 amide bonds. The maximum Gasteiger partial charge on any atom is 0.335 e. The van der Waals surface area contributed by atoms with Gasteiger partial charge < -0.3 is 14.3 Å². The number of methoxy groups -OCH3 is 1. The zero-order valence-corrected chi connectivity index (χ0v) is 18.7. The number of hydrogen-bond acceptors (Lipinski definition) is 8. The Morgan fingerprint density at radius 3 is 2.59 bits per heavy atom. The molecule has 1 aromatic heterocycles. The van der Waals surface area contributed by atoms with Crippen LogP contribution in [0.3, 0.4) is 0 Å². The summed E-state index contributed by atoms with van der Waals surface area (Å²) in [5.74, 6) is -0.179. The second-order valence-electron chi connectivity index (χ2n) is 7.06. The number of benzene rings is 2. The van der Waals surface area contributed by atoms with E-state index >= 15 is 0 Å². The van der Waals surface area contributed by atoms with Crippen LogP contribution in [0.1, 0.15) is 16.1 Å². The van der Waals surface area contributed by atoms with Gasteiger partial charge in [0.15, 0.2) is 5.17 Å². The summed E-state index contributed by atoms with van der Waals surface area (Å²) >= 11 is 1.14. The van der Waals surface area contributed by atoms with Crippen LogP contribution in [0.5, 0.6) is 5.75 Å². The Morgan fingerprint density at radius 1 is 1.21 bits per heavy atom. The summed E-state index contributed by atoms with van der Waals surface area (Å²) in [5.41, 5.74) is 0.955. The van der Waals surface area contributed by atoms with Crippen LogP contribution in [0.15, 0.2) is 68.9 Å². The number of ether oxygens (including phenoxy) is 1. The van der Waals surface area contributed by atoms with Crippen LogP contribution >= 0.6 is 11.8 Å². The lowest BCUT2D eigenvalue weighted by Crippen LogP contribution is -2.23. The summed E-state index contributed by atoms with van der Waals surface area (Å²) in [6.45, 7) is 0. The van der Waals surface area contributed by atoms with Gasteiger partial charge in [-0.2, -0.15) is 0 Å². The van der Waals surface area contributed by atoms with Gasteiger partial charge in [0.05, 0.1) is 33.8 Å². The van der Waals surface area contributed by atoms with Crippen molar-refractivity contribution >= 4 is 46.3 Å². The summed E-state index contributed by atoms with van der Waals surface area (Å²) in [4.78, 5) is 40.5. The smallest absolute Gasteiger partial charge is 0.335 e. The Hall–Kier alpha value is -4.38. The van der Waals surface area contributed by atoms with E-state index in [9.17, 15) is 19.7 Å². The highest BCUT2D eigenvalue weighted by molar-refractivity contribution is 8.18. The number of furan rings is 1. The molecule has 1 N–H and O–H groups in total. The minimum Gasteiger partial charge on any atom is -0.496 e. The lowest BCUT2D eigenvalue weighted by Gasteiger charge is -2.07. The molecular formula is C23H17N3O7S.